The summed E-state index contributed by atoms with van der Waals surface area (Å²) in [5, 5.41) is 8.75. The fourth-order valence-electron chi connectivity index (χ4n) is 1.62. The predicted octanol–water partition coefficient (Wildman–Crippen LogP) is 1.27. The van der Waals surface area contributed by atoms with Gasteiger partial charge in [-0.1, -0.05) is 17.4 Å². The molecular formula is C11H9N5O2S. The molecule has 0 saturated heterocycles. The molecule has 3 N–H and O–H groups in total. The molecule has 0 bridgehead atoms. The molecule has 2 heterocycles. The van der Waals surface area contributed by atoms with Crippen LogP contribution in [0.5, 0.6) is 0 Å². The number of nitrogens with zero attached hydrogens (tertiary/aromatic N) is 2. The number of hydrogen-bond acceptors (Lipinski definition) is 5. The van der Waals surface area contributed by atoms with Gasteiger partial charge in [-0.2, -0.15) is 0 Å². The van der Waals surface area contributed by atoms with Gasteiger partial charge in [-0.05, 0) is 24.6 Å². The normalized spacial score (nSPS) is 10.8. The quantitative estimate of drug-likeness (QED) is 0.655. The minimum atomic E-state index is -0.523. The van der Waals surface area contributed by atoms with Crippen molar-refractivity contribution in [2.75, 3.05) is 5.32 Å². The summed E-state index contributed by atoms with van der Waals surface area (Å²) in [4.78, 5) is 29.2. The van der Waals surface area contributed by atoms with Crippen LogP contribution in [0.1, 0.15) is 16.2 Å². The van der Waals surface area contributed by atoms with Crippen LogP contribution in [-0.4, -0.2) is 26.1 Å². The molecule has 96 valence electrons. The van der Waals surface area contributed by atoms with E-state index in [1.54, 1.807) is 0 Å². The molecule has 0 aliphatic heterocycles. The zero-order valence-corrected chi connectivity index (χ0v) is 10.7. The Kier molecular flexibility index (Phi) is 2.64. The highest BCUT2D eigenvalue weighted by molar-refractivity contribution is 7.22. The second-order valence-corrected chi connectivity index (χ2v) is 5.00. The van der Waals surface area contributed by atoms with Crippen molar-refractivity contribution < 1.29 is 4.79 Å². The lowest BCUT2D eigenvalue weighted by atomic mass is 10.2. The van der Waals surface area contributed by atoms with Crippen molar-refractivity contribution in [3.8, 4) is 0 Å². The van der Waals surface area contributed by atoms with E-state index in [-0.39, 0.29) is 5.82 Å². The Bertz CT molecular complexity index is 816. The number of fused-ring (bicyclic) bond motifs is 1. The van der Waals surface area contributed by atoms with E-state index in [4.69, 9.17) is 0 Å². The monoisotopic (exact) mass is 275 g/mol. The SMILES string of the molecule is Cc1ccc2nc(NC(=O)c3n[nH]c(=O)[nH]3)sc2c1. The van der Waals surface area contributed by atoms with Crippen LogP contribution in [0.4, 0.5) is 5.13 Å². The van der Waals surface area contributed by atoms with Crippen LogP contribution >= 0.6 is 11.3 Å². The van der Waals surface area contributed by atoms with Crippen LogP contribution in [-0.2, 0) is 0 Å². The van der Waals surface area contributed by atoms with Crippen molar-refractivity contribution in [3.05, 3.63) is 40.1 Å². The van der Waals surface area contributed by atoms with Crippen LogP contribution in [0.15, 0.2) is 23.0 Å². The van der Waals surface area contributed by atoms with Gasteiger partial charge in [0.2, 0.25) is 5.82 Å². The average Bonchev–Trinajstić information content (AvgIpc) is 2.94. The molecule has 0 saturated carbocycles. The van der Waals surface area contributed by atoms with E-state index in [0.29, 0.717) is 5.13 Å². The van der Waals surface area contributed by atoms with Gasteiger partial charge in [0, 0.05) is 0 Å². The minimum absolute atomic E-state index is 0.0690. The number of aryl methyl sites for hydroxylation is 1. The largest absolute Gasteiger partial charge is 0.341 e. The zero-order valence-electron chi connectivity index (χ0n) is 9.85. The summed E-state index contributed by atoms with van der Waals surface area (Å²) in [6.07, 6.45) is 0. The number of carbonyl (C=O) groups excluding carboxylic acids is 1. The van der Waals surface area contributed by atoms with Crippen LogP contribution in [0, 0.1) is 6.92 Å². The van der Waals surface area contributed by atoms with Crippen molar-refractivity contribution >= 4 is 32.6 Å². The van der Waals surface area contributed by atoms with Gasteiger partial charge in [-0.3, -0.25) is 15.1 Å². The Morgan fingerprint density at radius 1 is 1.42 bits per heavy atom. The van der Waals surface area contributed by atoms with Crippen molar-refractivity contribution in [2.45, 2.75) is 6.92 Å². The second-order valence-electron chi connectivity index (χ2n) is 3.97. The van der Waals surface area contributed by atoms with Gasteiger partial charge in [-0.15, -0.1) is 5.10 Å². The molecule has 0 atom stereocenters. The number of amides is 1. The van der Waals surface area contributed by atoms with E-state index in [1.165, 1.54) is 11.3 Å². The first kappa shape index (κ1) is 11.6. The first-order valence-electron chi connectivity index (χ1n) is 5.45. The molecule has 19 heavy (non-hydrogen) atoms. The molecule has 3 rings (SSSR count). The number of rotatable bonds is 2. The first-order chi connectivity index (χ1) is 9.11. The maximum atomic E-state index is 11.8. The number of anilines is 1. The second kappa shape index (κ2) is 4.32. The van der Waals surface area contributed by atoms with Crippen molar-refractivity contribution in [2.24, 2.45) is 0 Å². The van der Waals surface area contributed by atoms with E-state index in [2.05, 4.69) is 25.5 Å². The number of benzene rings is 1. The smallest absolute Gasteiger partial charge is 0.295 e. The molecule has 0 aliphatic rings. The zero-order chi connectivity index (χ0) is 13.4. The summed E-state index contributed by atoms with van der Waals surface area (Å²) in [7, 11) is 0. The number of carbonyl (C=O) groups is 1. The van der Waals surface area contributed by atoms with E-state index in [1.807, 2.05) is 25.1 Å². The van der Waals surface area contributed by atoms with Crippen LogP contribution in [0.2, 0.25) is 0 Å². The molecule has 2 aromatic heterocycles. The number of H-pyrrole nitrogens is 2. The summed E-state index contributed by atoms with van der Waals surface area (Å²) in [6, 6.07) is 5.85. The lowest BCUT2D eigenvalue weighted by Crippen LogP contribution is -2.14. The third-order valence-electron chi connectivity index (χ3n) is 2.48. The van der Waals surface area contributed by atoms with Gasteiger partial charge in [0.05, 0.1) is 10.2 Å². The van der Waals surface area contributed by atoms with Gasteiger partial charge in [0.25, 0.3) is 5.91 Å². The minimum Gasteiger partial charge on any atom is -0.295 e. The third-order valence-corrected chi connectivity index (χ3v) is 3.41. The highest BCUT2D eigenvalue weighted by atomic mass is 32.1. The summed E-state index contributed by atoms with van der Waals surface area (Å²) >= 11 is 1.37. The summed E-state index contributed by atoms with van der Waals surface area (Å²) in [5.41, 5.74) is 1.43. The van der Waals surface area contributed by atoms with Gasteiger partial charge in [0.1, 0.15) is 0 Å². The van der Waals surface area contributed by atoms with Crippen LogP contribution in [0.25, 0.3) is 10.2 Å². The number of thiazole rings is 1. The lowest BCUT2D eigenvalue weighted by molar-refractivity contribution is 0.101. The number of aromatic nitrogens is 4. The highest BCUT2D eigenvalue weighted by Gasteiger charge is 2.12. The van der Waals surface area contributed by atoms with Crippen molar-refractivity contribution in [3.63, 3.8) is 0 Å². The molecule has 1 amide bonds. The van der Waals surface area contributed by atoms with E-state index in [0.717, 1.165) is 15.8 Å². The van der Waals surface area contributed by atoms with Crippen LogP contribution in [0.3, 0.4) is 0 Å². The Hall–Kier alpha value is -2.48. The van der Waals surface area contributed by atoms with Gasteiger partial charge < -0.3 is 0 Å². The first-order valence-corrected chi connectivity index (χ1v) is 6.27. The summed E-state index contributed by atoms with van der Waals surface area (Å²) in [6.45, 7) is 1.99. The molecule has 3 aromatic rings. The Balaban J connectivity index is 1.89. The summed E-state index contributed by atoms with van der Waals surface area (Å²) < 4.78 is 0.992. The van der Waals surface area contributed by atoms with E-state index >= 15 is 0 Å². The maximum Gasteiger partial charge on any atom is 0.341 e. The number of hydrogen-bond donors (Lipinski definition) is 3. The lowest BCUT2D eigenvalue weighted by Gasteiger charge is -1.95. The maximum absolute atomic E-state index is 11.8. The van der Waals surface area contributed by atoms with Crippen molar-refractivity contribution in [1.29, 1.82) is 0 Å². The molecule has 0 spiro atoms. The Labute approximate surface area is 110 Å². The highest BCUT2D eigenvalue weighted by Crippen LogP contribution is 2.26. The van der Waals surface area contributed by atoms with Crippen molar-refractivity contribution in [1.82, 2.24) is 20.2 Å². The molecule has 8 heteroatoms. The van der Waals surface area contributed by atoms with E-state index in [9.17, 15) is 9.59 Å². The molecule has 7 nitrogen and oxygen atoms in total. The predicted molar refractivity (Wildman–Crippen MR) is 71.5 cm³/mol. The standard InChI is InChI=1S/C11H9N5O2S/c1-5-2-3-6-7(4-5)19-11(12-6)14-9(17)8-13-10(18)16-15-8/h2-4H,1H3,(H,12,14,17)(H2,13,15,16,18). The molecule has 0 aliphatic carbocycles. The molecule has 0 radical (unpaired) electrons. The Morgan fingerprint density at radius 2 is 2.26 bits per heavy atom. The van der Waals surface area contributed by atoms with E-state index < -0.39 is 11.6 Å². The van der Waals surface area contributed by atoms with Crippen LogP contribution < -0.4 is 11.0 Å². The van der Waals surface area contributed by atoms with Gasteiger partial charge in [-0.25, -0.2) is 14.9 Å². The number of nitrogens with one attached hydrogen (secondary N) is 3. The topological polar surface area (TPSA) is 104 Å². The molecule has 1 aromatic carbocycles. The molecule has 0 fully saturated rings. The fraction of sp³-hybridized carbons (Fsp3) is 0.0909. The third kappa shape index (κ3) is 2.25. The van der Waals surface area contributed by atoms with Gasteiger partial charge in [0.15, 0.2) is 5.13 Å². The van der Waals surface area contributed by atoms with Gasteiger partial charge >= 0.3 is 5.69 Å². The molecule has 0 unspecified atom stereocenters. The average molecular weight is 275 g/mol. The summed E-state index contributed by atoms with van der Waals surface area (Å²) in [5.74, 6) is -0.574. The fourth-order valence-corrected chi connectivity index (χ4v) is 2.58. The Morgan fingerprint density at radius 3 is 3.00 bits per heavy atom. The number of aromatic amines is 2. The molecular weight excluding hydrogens is 266 g/mol.